The maximum Gasteiger partial charge on any atom is 0.0954 e. The molecule has 0 aromatic carbocycles. The van der Waals surface area contributed by atoms with Gasteiger partial charge in [-0.15, -0.1) is 0 Å². The molecular formula is C15H15N5. The van der Waals surface area contributed by atoms with E-state index in [0.717, 1.165) is 16.8 Å². The van der Waals surface area contributed by atoms with Gasteiger partial charge < -0.3 is 10.3 Å². The summed E-state index contributed by atoms with van der Waals surface area (Å²) >= 11 is 0. The van der Waals surface area contributed by atoms with Crippen LogP contribution in [0.3, 0.4) is 0 Å². The van der Waals surface area contributed by atoms with Crippen molar-refractivity contribution in [3.63, 3.8) is 0 Å². The fourth-order valence-corrected chi connectivity index (χ4v) is 2.14. The Bertz CT molecular complexity index is 732. The minimum absolute atomic E-state index is 0.699. The van der Waals surface area contributed by atoms with E-state index in [1.807, 2.05) is 12.3 Å². The minimum Gasteiger partial charge on any atom is -0.398 e. The molecule has 0 unspecified atom stereocenters. The summed E-state index contributed by atoms with van der Waals surface area (Å²) in [5.74, 6) is 0. The van der Waals surface area contributed by atoms with E-state index < -0.39 is 0 Å². The number of pyridine rings is 2. The van der Waals surface area contributed by atoms with E-state index in [2.05, 4.69) is 26.4 Å². The third-order valence-corrected chi connectivity index (χ3v) is 3.33. The first-order chi connectivity index (χ1) is 9.75. The number of rotatable bonds is 3. The van der Waals surface area contributed by atoms with Gasteiger partial charge in [-0.25, -0.2) is 4.98 Å². The van der Waals surface area contributed by atoms with Crippen LogP contribution in [0.5, 0.6) is 0 Å². The molecule has 3 rings (SSSR count). The van der Waals surface area contributed by atoms with Gasteiger partial charge in [0, 0.05) is 36.0 Å². The van der Waals surface area contributed by atoms with Crippen LogP contribution in [-0.4, -0.2) is 19.5 Å². The Balaban J connectivity index is 2.00. The molecule has 0 aliphatic heterocycles. The van der Waals surface area contributed by atoms with Crippen molar-refractivity contribution < 1.29 is 0 Å². The fourth-order valence-electron chi connectivity index (χ4n) is 2.14. The van der Waals surface area contributed by atoms with Crippen LogP contribution < -0.4 is 5.73 Å². The van der Waals surface area contributed by atoms with Crippen LogP contribution in [-0.2, 0) is 6.54 Å². The zero-order valence-electron chi connectivity index (χ0n) is 11.2. The van der Waals surface area contributed by atoms with E-state index in [1.165, 1.54) is 5.56 Å². The SMILES string of the molecule is Cc1ccncc1Cn1cncc1-c1cnccc1N. The smallest absolute Gasteiger partial charge is 0.0954 e. The summed E-state index contributed by atoms with van der Waals surface area (Å²) < 4.78 is 2.05. The van der Waals surface area contributed by atoms with Crippen LogP contribution >= 0.6 is 0 Å². The average molecular weight is 265 g/mol. The van der Waals surface area contributed by atoms with Crippen molar-refractivity contribution >= 4 is 5.69 Å². The highest BCUT2D eigenvalue weighted by molar-refractivity contribution is 5.72. The highest BCUT2D eigenvalue weighted by Crippen LogP contribution is 2.25. The van der Waals surface area contributed by atoms with Gasteiger partial charge >= 0.3 is 0 Å². The molecule has 0 atom stereocenters. The predicted octanol–water partition coefficient (Wildman–Crippen LogP) is 2.28. The van der Waals surface area contributed by atoms with Gasteiger partial charge in [-0.3, -0.25) is 9.97 Å². The molecule has 0 spiro atoms. The molecule has 0 aliphatic rings. The number of aryl methyl sites for hydroxylation is 1. The van der Waals surface area contributed by atoms with Crippen molar-refractivity contribution in [1.29, 1.82) is 0 Å². The molecule has 5 heteroatoms. The Kier molecular flexibility index (Phi) is 3.16. The lowest BCUT2D eigenvalue weighted by molar-refractivity contribution is 0.794. The standard InChI is InChI=1S/C15H15N5/c1-11-2-4-17-6-12(11)9-20-10-19-8-15(20)13-7-18-5-3-14(13)16/h2-8,10H,9H2,1H3,(H2,16,18). The highest BCUT2D eigenvalue weighted by Gasteiger charge is 2.09. The molecule has 2 N–H and O–H groups in total. The van der Waals surface area contributed by atoms with Crippen LogP contribution in [0.15, 0.2) is 49.4 Å². The molecule has 0 amide bonds. The lowest BCUT2D eigenvalue weighted by Gasteiger charge is -2.11. The molecule has 0 bridgehead atoms. The number of imidazole rings is 1. The van der Waals surface area contributed by atoms with Gasteiger partial charge in [0.05, 0.1) is 24.8 Å². The first-order valence-electron chi connectivity index (χ1n) is 6.35. The van der Waals surface area contributed by atoms with Crippen LogP contribution in [0.4, 0.5) is 5.69 Å². The molecule has 0 aliphatic carbocycles. The number of nitrogens with zero attached hydrogens (tertiary/aromatic N) is 4. The molecular weight excluding hydrogens is 250 g/mol. The molecule has 20 heavy (non-hydrogen) atoms. The summed E-state index contributed by atoms with van der Waals surface area (Å²) in [4.78, 5) is 12.5. The summed E-state index contributed by atoms with van der Waals surface area (Å²) in [6.45, 7) is 2.79. The van der Waals surface area contributed by atoms with E-state index in [9.17, 15) is 0 Å². The van der Waals surface area contributed by atoms with Gasteiger partial charge in [0.25, 0.3) is 0 Å². The molecule has 0 radical (unpaired) electrons. The third kappa shape index (κ3) is 2.25. The molecule has 3 heterocycles. The lowest BCUT2D eigenvalue weighted by Crippen LogP contribution is -2.03. The quantitative estimate of drug-likeness (QED) is 0.788. The average Bonchev–Trinajstić information content (AvgIpc) is 2.90. The number of hydrogen-bond donors (Lipinski definition) is 1. The van der Waals surface area contributed by atoms with Gasteiger partial charge in [0.1, 0.15) is 0 Å². The van der Waals surface area contributed by atoms with Crippen LogP contribution in [0.2, 0.25) is 0 Å². The number of aromatic nitrogens is 4. The number of hydrogen-bond acceptors (Lipinski definition) is 4. The third-order valence-electron chi connectivity index (χ3n) is 3.33. The summed E-state index contributed by atoms with van der Waals surface area (Å²) in [5, 5.41) is 0. The normalized spacial score (nSPS) is 10.7. The van der Waals surface area contributed by atoms with E-state index in [0.29, 0.717) is 12.2 Å². The zero-order valence-corrected chi connectivity index (χ0v) is 11.2. The summed E-state index contributed by atoms with van der Waals surface area (Å²) in [5.41, 5.74) is 10.9. The number of anilines is 1. The molecule has 0 fully saturated rings. The zero-order chi connectivity index (χ0) is 13.9. The second-order valence-corrected chi connectivity index (χ2v) is 4.67. The van der Waals surface area contributed by atoms with Gasteiger partial charge in [-0.1, -0.05) is 0 Å². The number of nitrogens with two attached hydrogens (primary N) is 1. The van der Waals surface area contributed by atoms with Crippen molar-refractivity contribution in [3.05, 3.63) is 60.6 Å². The largest absolute Gasteiger partial charge is 0.398 e. The molecule has 5 nitrogen and oxygen atoms in total. The fraction of sp³-hybridized carbons (Fsp3) is 0.133. The van der Waals surface area contributed by atoms with Crippen molar-refractivity contribution in [2.24, 2.45) is 0 Å². The lowest BCUT2D eigenvalue weighted by atomic mass is 10.1. The van der Waals surface area contributed by atoms with Gasteiger partial charge in [-0.05, 0) is 30.2 Å². The Labute approximate surface area is 117 Å². The Morgan fingerprint density at radius 2 is 1.85 bits per heavy atom. The van der Waals surface area contributed by atoms with E-state index in [1.54, 1.807) is 37.2 Å². The molecule has 0 saturated heterocycles. The first kappa shape index (κ1) is 12.3. The monoisotopic (exact) mass is 265 g/mol. The highest BCUT2D eigenvalue weighted by atomic mass is 15.0. The van der Waals surface area contributed by atoms with Crippen molar-refractivity contribution in [3.8, 4) is 11.3 Å². The van der Waals surface area contributed by atoms with Crippen LogP contribution in [0.25, 0.3) is 11.3 Å². The van der Waals surface area contributed by atoms with E-state index >= 15 is 0 Å². The van der Waals surface area contributed by atoms with Crippen LogP contribution in [0, 0.1) is 6.92 Å². The van der Waals surface area contributed by atoms with Crippen molar-refractivity contribution in [2.75, 3.05) is 5.73 Å². The van der Waals surface area contributed by atoms with E-state index in [-0.39, 0.29) is 0 Å². The van der Waals surface area contributed by atoms with E-state index in [4.69, 9.17) is 5.73 Å². The topological polar surface area (TPSA) is 69.6 Å². The van der Waals surface area contributed by atoms with Gasteiger partial charge in [-0.2, -0.15) is 0 Å². The summed E-state index contributed by atoms with van der Waals surface area (Å²) in [6.07, 6.45) is 10.7. The van der Waals surface area contributed by atoms with Crippen LogP contribution in [0.1, 0.15) is 11.1 Å². The Hall–Kier alpha value is -2.69. The summed E-state index contributed by atoms with van der Waals surface area (Å²) in [7, 11) is 0. The molecule has 100 valence electrons. The summed E-state index contributed by atoms with van der Waals surface area (Å²) in [6, 6.07) is 3.80. The van der Waals surface area contributed by atoms with Crippen molar-refractivity contribution in [2.45, 2.75) is 13.5 Å². The predicted molar refractivity (Wildman–Crippen MR) is 77.9 cm³/mol. The Morgan fingerprint density at radius 1 is 1.05 bits per heavy atom. The Morgan fingerprint density at radius 3 is 2.65 bits per heavy atom. The molecule has 3 aromatic rings. The molecule has 0 saturated carbocycles. The second kappa shape index (κ2) is 5.13. The van der Waals surface area contributed by atoms with Crippen molar-refractivity contribution in [1.82, 2.24) is 19.5 Å². The van der Waals surface area contributed by atoms with Gasteiger partial charge in [0.2, 0.25) is 0 Å². The molecule has 3 aromatic heterocycles. The maximum absolute atomic E-state index is 6.01. The minimum atomic E-state index is 0.699. The second-order valence-electron chi connectivity index (χ2n) is 4.67. The van der Waals surface area contributed by atoms with Gasteiger partial charge in [0.15, 0.2) is 0 Å². The maximum atomic E-state index is 6.01. The first-order valence-corrected chi connectivity index (χ1v) is 6.35. The number of nitrogen functional groups attached to an aromatic ring is 1.